The third-order valence-electron chi connectivity index (χ3n) is 1.59. The summed E-state index contributed by atoms with van der Waals surface area (Å²) in [6, 6.07) is 3.60. The lowest BCUT2D eigenvalue weighted by molar-refractivity contribution is 0.250. The molecule has 0 saturated carbocycles. The minimum atomic E-state index is -0.203. The van der Waals surface area contributed by atoms with Gasteiger partial charge in [-0.05, 0) is 32.9 Å². The van der Waals surface area contributed by atoms with E-state index in [1.165, 1.54) is 0 Å². The SMILES string of the molecule is Cc1ccc(NC(=O)NC(C)C)cn1. The zero-order chi connectivity index (χ0) is 10.6. The third-order valence-corrected chi connectivity index (χ3v) is 1.59. The van der Waals surface area contributed by atoms with Crippen molar-refractivity contribution >= 4 is 11.7 Å². The Morgan fingerprint density at radius 3 is 2.64 bits per heavy atom. The minimum Gasteiger partial charge on any atom is -0.336 e. The van der Waals surface area contributed by atoms with E-state index < -0.39 is 0 Å². The molecule has 0 aliphatic rings. The van der Waals surface area contributed by atoms with E-state index in [4.69, 9.17) is 0 Å². The lowest BCUT2D eigenvalue weighted by atomic mass is 10.3. The second kappa shape index (κ2) is 4.60. The molecule has 0 bridgehead atoms. The number of anilines is 1. The van der Waals surface area contributed by atoms with Gasteiger partial charge in [-0.25, -0.2) is 4.79 Å². The number of hydrogen-bond donors (Lipinski definition) is 2. The fraction of sp³-hybridized carbons (Fsp3) is 0.400. The highest BCUT2D eigenvalue weighted by Gasteiger charge is 2.02. The van der Waals surface area contributed by atoms with Gasteiger partial charge in [-0.1, -0.05) is 0 Å². The zero-order valence-corrected chi connectivity index (χ0v) is 8.66. The molecule has 0 aromatic carbocycles. The molecule has 0 fully saturated rings. The first-order valence-corrected chi connectivity index (χ1v) is 4.58. The first kappa shape index (κ1) is 10.5. The predicted molar refractivity (Wildman–Crippen MR) is 56.3 cm³/mol. The average Bonchev–Trinajstić information content (AvgIpc) is 2.07. The molecule has 0 atom stereocenters. The Morgan fingerprint density at radius 2 is 2.14 bits per heavy atom. The lowest BCUT2D eigenvalue weighted by Gasteiger charge is -2.09. The summed E-state index contributed by atoms with van der Waals surface area (Å²) < 4.78 is 0. The summed E-state index contributed by atoms with van der Waals surface area (Å²) in [5.74, 6) is 0. The fourth-order valence-electron chi connectivity index (χ4n) is 0.971. The van der Waals surface area contributed by atoms with Crippen LogP contribution in [0.2, 0.25) is 0 Å². The summed E-state index contributed by atoms with van der Waals surface area (Å²) in [6.45, 7) is 5.72. The molecular formula is C10H15N3O. The van der Waals surface area contributed by atoms with Crippen molar-refractivity contribution in [1.82, 2.24) is 10.3 Å². The highest BCUT2D eigenvalue weighted by atomic mass is 16.2. The topological polar surface area (TPSA) is 54.0 Å². The molecule has 14 heavy (non-hydrogen) atoms. The molecule has 4 heteroatoms. The van der Waals surface area contributed by atoms with Crippen molar-refractivity contribution in [2.75, 3.05) is 5.32 Å². The molecule has 0 spiro atoms. The molecular weight excluding hydrogens is 178 g/mol. The van der Waals surface area contributed by atoms with Gasteiger partial charge in [0, 0.05) is 11.7 Å². The molecule has 0 unspecified atom stereocenters. The molecule has 0 aliphatic heterocycles. The molecule has 2 N–H and O–H groups in total. The van der Waals surface area contributed by atoms with Gasteiger partial charge in [0.1, 0.15) is 0 Å². The van der Waals surface area contributed by atoms with E-state index in [9.17, 15) is 4.79 Å². The van der Waals surface area contributed by atoms with Crippen LogP contribution in [0.25, 0.3) is 0 Å². The molecule has 1 rings (SSSR count). The van der Waals surface area contributed by atoms with Gasteiger partial charge in [-0.15, -0.1) is 0 Å². The van der Waals surface area contributed by atoms with Crippen molar-refractivity contribution in [1.29, 1.82) is 0 Å². The van der Waals surface area contributed by atoms with E-state index in [1.54, 1.807) is 6.20 Å². The number of hydrogen-bond acceptors (Lipinski definition) is 2. The summed E-state index contributed by atoms with van der Waals surface area (Å²) in [5.41, 5.74) is 1.63. The first-order valence-electron chi connectivity index (χ1n) is 4.58. The summed E-state index contributed by atoms with van der Waals surface area (Å²) >= 11 is 0. The van der Waals surface area contributed by atoms with Gasteiger partial charge in [0.25, 0.3) is 0 Å². The molecule has 1 aromatic rings. The van der Waals surface area contributed by atoms with E-state index in [0.717, 1.165) is 5.69 Å². The summed E-state index contributed by atoms with van der Waals surface area (Å²) in [5, 5.41) is 5.42. The van der Waals surface area contributed by atoms with Crippen LogP contribution in [0.4, 0.5) is 10.5 Å². The smallest absolute Gasteiger partial charge is 0.319 e. The molecule has 1 heterocycles. The van der Waals surface area contributed by atoms with E-state index in [1.807, 2.05) is 32.9 Å². The quantitative estimate of drug-likeness (QED) is 0.754. The summed E-state index contributed by atoms with van der Waals surface area (Å²) in [4.78, 5) is 15.3. The van der Waals surface area contributed by atoms with E-state index in [-0.39, 0.29) is 12.1 Å². The number of carbonyl (C=O) groups excluding carboxylic acids is 1. The largest absolute Gasteiger partial charge is 0.336 e. The van der Waals surface area contributed by atoms with E-state index in [2.05, 4.69) is 15.6 Å². The number of pyridine rings is 1. The average molecular weight is 193 g/mol. The van der Waals surface area contributed by atoms with Gasteiger partial charge < -0.3 is 10.6 Å². The van der Waals surface area contributed by atoms with Crippen LogP contribution in [-0.4, -0.2) is 17.1 Å². The maximum Gasteiger partial charge on any atom is 0.319 e. The Balaban J connectivity index is 2.52. The van der Waals surface area contributed by atoms with Crippen LogP contribution in [0, 0.1) is 6.92 Å². The standard InChI is InChI=1S/C10H15N3O/c1-7(2)12-10(14)13-9-5-4-8(3)11-6-9/h4-7H,1-3H3,(H2,12,13,14). The van der Waals surface area contributed by atoms with Crippen molar-refractivity contribution in [3.8, 4) is 0 Å². The van der Waals surface area contributed by atoms with E-state index >= 15 is 0 Å². The van der Waals surface area contributed by atoms with Gasteiger partial charge in [0.05, 0.1) is 11.9 Å². The maximum absolute atomic E-state index is 11.3. The summed E-state index contributed by atoms with van der Waals surface area (Å²) in [7, 11) is 0. The van der Waals surface area contributed by atoms with Crippen molar-refractivity contribution < 1.29 is 4.79 Å². The number of aromatic nitrogens is 1. The van der Waals surface area contributed by atoms with Crippen LogP contribution in [0.15, 0.2) is 18.3 Å². The lowest BCUT2D eigenvalue weighted by Crippen LogP contribution is -2.34. The van der Waals surface area contributed by atoms with Crippen molar-refractivity contribution in [3.63, 3.8) is 0 Å². The number of aryl methyl sites for hydroxylation is 1. The summed E-state index contributed by atoms with van der Waals surface area (Å²) in [6.07, 6.45) is 1.63. The van der Waals surface area contributed by atoms with Crippen molar-refractivity contribution in [2.45, 2.75) is 26.8 Å². The third kappa shape index (κ3) is 3.43. The van der Waals surface area contributed by atoms with Gasteiger partial charge in [-0.3, -0.25) is 4.98 Å². The van der Waals surface area contributed by atoms with Crippen molar-refractivity contribution in [2.24, 2.45) is 0 Å². The van der Waals surface area contributed by atoms with Crippen LogP contribution in [-0.2, 0) is 0 Å². The highest BCUT2D eigenvalue weighted by molar-refractivity contribution is 5.89. The monoisotopic (exact) mass is 193 g/mol. The number of amides is 2. The normalized spacial score (nSPS) is 10.0. The van der Waals surface area contributed by atoms with Gasteiger partial charge in [-0.2, -0.15) is 0 Å². The molecule has 0 saturated heterocycles. The second-order valence-corrected chi connectivity index (χ2v) is 3.44. The van der Waals surface area contributed by atoms with Crippen molar-refractivity contribution in [3.05, 3.63) is 24.0 Å². The molecule has 76 valence electrons. The van der Waals surface area contributed by atoms with Crippen LogP contribution in [0.3, 0.4) is 0 Å². The predicted octanol–water partition coefficient (Wildman–Crippen LogP) is 1.92. The molecule has 0 aliphatic carbocycles. The second-order valence-electron chi connectivity index (χ2n) is 3.44. The highest BCUT2D eigenvalue weighted by Crippen LogP contribution is 2.04. The Kier molecular flexibility index (Phi) is 3.45. The number of rotatable bonds is 2. The minimum absolute atomic E-state index is 0.133. The van der Waals surface area contributed by atoms with Crippen LogP contribution < -0.4 is 10.6 Å². The molecule has 0 radical (unpaired) electrons. The maximum atomic E-state index is 11.3. The van der Waals surface area contributed by atoms with Crippen LogP contribution in [0.1, 0.15) is 19.5 Å². The van der Waals surface area contributed by atoms with Gasteiger partial charge >= 0.3 is 6.03 Å². The van der Waals surface area contributed by atoms with Gasteiger partial charge in [0.2, 0.25) is 0 Å². The fourth-order valence-corrected chi connectivity index (χ4v) is 0.971. The Morgan fingerprint density at radius 1 is 1.43 bits per heavy atom. The van der Waals surface area contributed by atoms with Gasteiger partial charge in [0.15, 0.2) is 0 Å². The Labute approximate surface area is 83.7 Å². The van der Waals surface area contributed by atoms with Crippen LogP contribution in [0.5, 0.6) is 0 Å². The molecule has 4 nitrogen and oxygen atoms in total. The zero-order valence-electron chi connectivity index (χ0n) is 8.66. The number of urea groups is 1. The molecule has 1 aromatic heterocycles. The Hall–Kier alpha value is -1.58. The first-order chi connectivity index (χ1) is 6.58. The number of carbonyl (C=O) groups is 1. The Bertz CT molecular complexity index is 306. The van der Waals surface area contributed by atoms with Crippen LogP contribution >= 0.6 is 0 Å². The van der Waals surface area contributed by atoms with E-state index in [0.29, 0.717) is 5.69 Å². The number of nitrogens with zero attached hydrogens (tertiary/aromatic N) is 1. The molecule has 2 amide bonds. The number of nitrogens with one attached hydrogen (secondary N) is 2.